The highest BCUT2D eigenvalue weighted by molar-refractivity contribution is 4.99. The highest BCUT2D eigenvalue weighted by Crippen LogP contribution is 2.36. The second-order valence-electron chi connectivity index (χ2n) is 5.77. The van der Waals surface area contributed by atoms with Crippen molar-refractivity contribution in [3.05, 3.63) is 0 Å². The van der Waals surface area contributed by atoms with E-state index in [9.17, 15) is 30.6 Å². The molecule has 0 aliphatic carbocycles. The van der Waals surface area contributed by atoms with E-state index >= 15 is 0 Å². The Balaban J connectivity index is 2.23. The fourth-order valence-corrected chi connectivity index (χ4v) is 2.89. The van der Waals surface area contributed by atoms with Crippen molar-refractivity contribution in [2.45, 2.75) is 54.8 Å². The van der Waals surface area contributed by atoms with E-state index in [1.807, 2.05) is 0 Å². The maximum Gasteiger partial charge on any atom is 0.222 e. The van der Waals surface area contributed by atoms with Crippen molar-refractivity contribution in [2.24, 2.45) is 0 Å². The molecule has 11 heteroatoms. The summed E-state index contributed by atoms with van der Waals surface area (Å²) in [6.07, 6.45) is -11.5. The van der Waals surface area contributed by atoms with Crippen LogP contribution in [0.25, 0.3) is 0 Å². The zero-order valence-electron chi connectivity index (χ0n) is 13.0. The summed E-state index contributed by atoms with van der Waals surface area (Å²) in [4.78, 5) is 0. The fraction of sp³-hybridized carbons (Fsp3) is 1.00. The summed E-state index contributed by atoms with van der Waals surface area (Å²) in [5, 5.41) is 68.2. The van der Waals surface area contributed by atoms with Crippen LogP contribution in [0.2, 0.25) is 0 Å². The molecule has 7 N–H and O–H groups in total. The first kappa shape index (κ1) is 19.9. The van der Waals surface area contributed by atoms with Crippen LogP contribution in [0.15, 0.2) is 0 Å². The molecular weight excluding hydrogens is 332 g/mol. The summed E-state index contributed by atoms with van der Waals surface area (Å²) in [6, 6.07) is 0. The van der Waals surface area contributed by atoms with Gasteiger partial charge in [0.2, 0.25) is 5.79 Å². The molecule has 2 fully saturated rings. The molecule has 0 saturated carbocycles. The quantitative estimate of drug-likeness (QED) is 0.243. The van der Waals surface area contributed by atoms with Crippen LogP contribution in [-0.4, -0.2) is 117 Å². The molecule has 142 valence electrons. The van der Waals surface area contributed by atoms with Gasteiger partial charge in [-0.3, -0.25) is 0 Å². The zero-order valence-corrected chi connectivity index (χ0v) is 13.0. The van der Waals surface area contributed by atoms with Crippen LogP contribution in [-0.2, 0) is 18.9 Å². The molecule has 2 aliphatic rings. The smallest absolute Gasteiger partial charge is 0.222 e. The summed E-state index contributed by atoms with van der Waals surface area (Å²) < 4.78 is 20.8. The van der Waals surface area contributed by atoms with Gasteiger partial charge in [-0.2, -0.15) is 0 Å². The summed E-state index contributed by atoms with van der Waals surface area (Å²) in [7, 11) is 1.23. The Hall–Kier alpha value is -0.440. The van der Waals surface area contributed by atoms with Gasteiger partial charge < -0.3 is 54.7 Å². The van der Waals surface area contributed by atoms with Crippen LogP contribution in [0.5, 0.6) is 0 Å². The molecular formula is C13H24O11. The van der Waals surface area contributed by atoms with Crippen molar-refractivity contribution < 1.29 is 54.7 Å². The fourth-order valence-electron chi connectivity index (χ4n) is 2.89. The lowest BCUT2D eigenvalue weighted by Crippen LogP contribution is -2.63. The van der Waals surface area contributed by atoms with Crippen LogP contribution in [0.3, 0.4) is 0 Å². The van der Waals surface area contributed by atoms with Gasteiger partial charge in [0.15, 0.2) is 6.29 Å². The van der Waals surface area contributed by atoms with Crippen molar-refractivity contribution in [3.8, 4) is 0 Å². The lowest BCUT2D eigenvalue weighted by atomic mass is 9.97. The maximum absolute atomic E-state index is 10.2. The van der Waals surface area contributed by atoms with Gasteiger partial charge in [0.05, 0.1) is 13.2 Å². The number of aliphatic hydroxyl groups is 7. The van der Waals surface area contributed by atoms with Gasteiger partial charge >= 0.3 is 0 Å². The average molecular weight is 356 g/mol. The third-order valence-electron chi connectivity index (χ3n) is 4.29. The number of hydrogen-bond acceptors (Lipinski definition) is 11. The molecule has 2 saturated heterocycles. The predicted molar refractivity (Wildman–Crippen MR) is 73.4 cm³/mol. The number of rotatable bonds is 6. The van der Waals surface area contributed by atoms with Crippen molar-refractivity contribution in [2.75, 3.05) is 26.9 Å². The molecule has 0 radical (unpaired) electrons. The first-order valence-corrected chi connectivity index (χ1v) is 7.44. The monoisotopic (exact) mass is 356 g/mol. The molecule has 24 heavy (non-hydrogen) atoms. The normalized spacial score (nSPS) is 49.5. The first-order valence-electron chi connectivity index (χ1n) is 7.44. The molecule has 0 aromatic carbocycles. The summed E-state index contributed by atoms with van der Waals surface area (Å²) in [5.74, 6) is -2.17. The molecule has 0 aromatic heterocycles. The van der Waals surface area contributed by atoms with Crippen molar-refractivity contribution in [1.82, 2.24) is 0 Å². The van der Waals surface area contributed by atoms with Gasteiger partial charge in [0.25, 0.3) is 0 Å². The van der Waals surface area contributed by atoms with Crippen molar-refractivity contribution in [3.63, 3.8) is 0 Å². The van der Waals surface area contributed by atoms with Gasteiger partial charge in [-0.1, -0.05) is 0 Å². The third-order valence-corrected chi connectivity index (χ3v) is 4.29. The molecule has 2 aliphatic heterocycles. The molecule has 0 aromatic rings. The topological polar surface area (TPSA) is 179 Å². The van der Waals surface area contributed by atoms with Gasteiger partial charge in [0.1, 0.15) is 49.3 Å². The van der Waals surface area contributed by atoms with E-state index in [2.05, 4.69) is 0 Å². The van der Waals surface area contributed by atoms with Gasteiger partial charge in [-0.25, -0.2) is 0 Å². The summed E-state index contributed by atoms with van der Waals surface area (Å²) in [6.45, 7) is -2.20. The van der Waals surface area contributed by atoms with E-state index < -0.39 is 74.6 Å². The zero-order chi connectivity index (χ0) is 18.1. The maximum atomic E-state index is 10.2. The van der Waals surface area contributed by atoms with E-state index in [-0.39, 0.29) is 0 Å². The van der Waals surface area contributed by atoms with Gasteiger partial charge in [0, 0.05) is 7.11 Å². The van der Waals surface area contributed by atoms with Crippen molar-refractivity contribution >= 4 is 0 Å². The van der Waals surface area contributed by atoms with E-state index in [4.69, 9.17) is 24.1 Å². The molecule has 11 nitrogen and oxygen atoms in total. The first-order chi connectivity index (χ1) is 11.3. The number of ether oxygens (including phenoxy) is 4. The minimum absolute atomic E-state index is 0.627. The minimum atomic E-state index is -2.17. The van der Waals surface area contributed by atoms with Gasteiger partial charge in [-0.05, 0) is 0 Å². The molecule has 0 spiro atoms. The average Bonchev–Trinajstić information content (AvgIpc) is 2.84. The van der Waals surface area contributed by atoms with Crippen molar-refractivity contribution in [1.29, 1.82) is 0 Å². The number of aliphatic hydroxyl groups excluding tert-OH is 7. The summed E-state index contributed by atoms with van der Waals surface area (Å²) in [5.41, 5.74) is 0. The Bertz CT molecular complexity index is 407. The summed E-state index contributed by atoms with van der Waals surface area (Å²) >= 11 is 0. The Kier molecular flexibility index (Phi) is 6.50. The Morgan fingerprint density at radius 2 is 1.54 bits per heavy atom. The number of methoxy groups -OCH3 is 1. The van der Waals surface area contributed by atoms with Crippen LogP contribution in [0.4, 0.5) is 0 Å². The van der Waals surface area contributed by atoms with Crippen LogP contribution >= 0.6 is 0 Å². The van der Waals surface area contributed by atoms with Crippen LogP contribution in [0, 0.1) is 0 Å². The second-order valence-corrected chi connectivity index (χ2v) is 5.77. The van der Waals surface area contributed by atoms with E-state index in [0.717, 1.165) is 0 Å². The lowest BCUT2D eigenvalue weighted by Gasteiger charge is -2.44. The van der Waals surface area contributed by atoms with Gasteiger partial charge in [-0.15, -0.1) is 0 Å². The van der Waals surface area contributed by atoms with E-state index in [1.54, 1.807) is 0 Å². The molecule has 9 atom stereocenters. The standard InChI is InChI=1S/C13H24O11/c1-21-12-9(19)8(18)10(6(3-15)22-12)24-13(4-16)11(20)7(17)5(2-14)23-13/h5-12,14-20H,2-4H2,1H3/t5?,6?,7?,8?,9?,10-,11?,12+,13?/m0/s1. The Morgan fingerprint density at radius 3 is 2.00 bits per heavy atom. The van der Waals surface area contributed by atoms with E-state index in [0.29, 0.717) is 0 Å². The Labute approximate surface area is 137 Å². The highest BCUT2D eigenvalue weighted by Gasteiger charge is 2.58. The van der Waals surface area contributed by atoms with Crippen LogP contribution in [0.1, 0.15) is 0 Å². The highest BCUT2D eigenvalue weighted by atomic mass is 16.8. The van der Waals surface area contributed by atoms with Crippen LogP contribution < -0.4 is 0 Å². The molecule has 7 unspecified atom stereocenters. The lowest BCUT2D eigenvalue weighted by molar-refractivity contribution is -0.360. The molecule has 2 rings (SSSR count). The Morgan fingerprint density at radius 1 is 0.917 bits per heavy atom. The predicted octanol–water partition coefficient (Wildman–Crippen LogP) is -4.74. The molecule has 0 bridgehead atoms. The second kappa shape index (κ2) is 7.85. The SMILES string of the molecule is CO[C@@H]1OC(CO)[C@H](OC2(CO)OC(CO)C(O)C2O)C(O)C1O. The molecule has 2 heterocycles. The molecule has 0 amide bonds. The minimum Gasteiger partial charge on any atom is -0.394 e. The third kappa shape index (κ3) is 3.30. The van der Waals surface area contributed by atoms with E-state index in [1.165, 1.54) is 7.11 Å². The number of hydrogen-bond donors (Lipinski definition) is 7. The largest absolute Gasteiger partial charge is 0.394 e.